The van der Waals surface area contributed by atoms with Crippen LogP contribution in [0.1, 0.15) is 19.3 Å². The zero-order chi connectivity index (χ0) is 9.78. The predicted molar refractivity (Wildman–Crippen MR) is 50.6 cm³/mol. The molecule has 0 rings (SSSR count). The highest BCUT2D eigenvalue weighted by Crippen LogP contribution is 1.91. The van der Waals surface area contributed by atoms with Gasteiger partial charge in [-0.25, -0.2) is 0 Å². The maximum absolute atomic E-state index is 9.85. The van der Waals surface area contributed by atoms with Crippen LogP contribution in [0.15, 0.2) is 0 Å². The topological polar surface area (TPSA) is 61.6 Å². The highest BCUT2D eigenvalue weighted by atomic mass is 16.5. The van der Waals surface area contributed by atoms with Crippen LogP contribution in [0.25, 0.3) is 0 Å². The van der Waals surface area contributed by atoms with E-state index in [9.17, 15) is 4.79 Å². The second-order valence-corrected chi connectivity index (χ2v) is 2.70. The average molecular weight is 189 g/mol. The predicted octanol–water partition coefficient (Wildman–Crippen LogP) is 0.347. The normalized spacial score (nSPS) is 10.2. The average Bonchev–Trinajstić information content (AvgIpc) is 2.16. The minimum atomic E-state index is 0.202. The lowest BCUT2D eigenvalue weighted by Gasteiger charge is -2.02. The van der Waals surface area contributed by atoms with Crippen molar-refractivity contribution in [3.63, 3.8) is 0 Å². The Morgan fingerprint density at radius 3 is 2.23 bits per heavy atom. The Bertz CT molecular complexity index is 109. The zero-order valence-electron chi connectivity index (χ0n) is 8.04. The SMILES string of the molecule is NCCCOCCCCOCC=O. The number of aldehydes is 1. The van der Waals surface area contributed by atoms with Crippen LogP contribution >= 0.6 is 0 Å². The maximum atomic E-state index is 9.85. The molecule has 0 aromatic carbocycles. The van der Waals surface area contributed by atoms with E-state index in [-0.39, 0.29) is 6.61 Å². The van der Waals surface area contributed by atoms with E-state index in [1.165, 1.54) is 0 Å². The molecule has 0 aromatic heterocycles. The minimum absolute atomic E-state index is 0.202. The third-order valence-corrected chi connectivity index (χ3v) is 1.51. The lowest BCUT2D eigenvalue weighted by molar-refractivity contribution is -0.111. The molecule has 0 amide bonds. The van der Waals surface area contributed by atoms with Gasteiger partial charge < -0.3 is 20.0 Å². The van der Waals surface area contributed by atoms with Crippen molar-refractivity contribution < 1.29 is 14.3 Å². The first kappa shape index (κ1) is 12.6. The molecule has 0 aliphatic carbocycles. The van der Waals surface area contributed by atoms with E-state index >= 15 is 0 Å². The summed E-state index contributed by atoms with van der Waals surface area (Å²) >= 11 is 0. The summed E-state index contributed by atoms with van der Waals surface area (Å²) in [5, 5.41) is 0. The molecule has 0 heterocycles. The van der Waals surface area contributed by atoms with Crippen LogP contribution in [0, 0.1) is 0 Å². The third-order valence-electron chi connectivity index (χ3n) is 1.51. The van der Waals surface area contributed by atoms with Crippen molar-refractivity contribution in [2.24, 2.45) is 5.73 Å². The molecule has 0 aliphatic heterocycles. The number of ether oxygens (including phenoxy) is 2. The first-order valence-corrected chi connectivity index (χ1v) is 4.71. The Labute approximate surface area is 79.4 Å². The Morgan fingerprint density at radius 2 is 1.62 bits per heavy atom. The molecule has 2 N–H and O–H groups in total. The van der Waals surface area contributed by atoms with Gasteiger partial charge in [0.15, 0.2) is 0 Å². The number of hydrogen-bond donors (Lipinski definition) is 1. The molecule has 0 aliphatic rings. The van der Waals surface area contributed by atoms with Gasteiger partial charge in [0, 0.05) is 19.8 Å². The summed E-state index contributed by atoms with van der Waals surface area (Å²) in [6, 6.07) is 0. The molecule has 0 atom stereocenters. The highest BCUT2D eigenvalue weighted by Gasteiger charge is 1.90. The number of hydrogen-bond acceptors (Lipinski definition) is 4. The fourth-order valence-corrected chi connectivity index (χ4v) is 0.827. The van der Waals surface area contributed by atoms with Gasteiger partial charge in [0.1, 0.15) is 12.9 Å². The quantitative estimate of drug-likeness (QED) is 0.398. The van der Waals surface area contributed by atoms with Gasteiger partial charge in [-0.05, 0) is 25.8 Å². The van der Waals surface area contributed by atoms with Crippen molar-refractivity contribution in [1.29, 1.82) is 0 Å². The maximum Gasteiger partial charge on any atom is 0.145 e. The van der Waals surface area contributed by atoms with Crippen molar-refractivity contribution in [3.8, 4) is 0 Å². The highest BCUT2D eigenvalue weighted by molar-refractivity contribution is 5.50. The summed E-state index contributed by atoms with van der Waals surface area (Å²) in [5.74, 6) is 0. The molecule has 4 heteroatoms. The van der Waals surface area contributed by atoms with Gasteiger partial charge in [-0.3, -0.25) is 0 Å². The van der Waals surface area contributed by atoms with Crippen molar-refractivity contribution in [1.82, 2.24) is 0 Å². The van der Waals surface area contributed by atoms with Gasteiger partial charge in [-0.1, -0.05) is 0 Å². The molecule has 0 spiro atoms. The zero-order valence-corrected chi connectivity index (χ0v) is 8.04. The molecule has 0 radical (unpaired) electrons. The van der Waals surface area contributed by atoms with Gasteiger partial charge in [0.25, 0.3) is 0 Å². The molecule has 0 bridgehead atoms. The summed E-state index contributed by atoms with van der Waals surface area (Å²) in [7, 11) is 0. The molecule has 4 nitrogen and oxygen atoms in total. The first-order valence-electron chi connectivity index (χ1n) is 4.71. The molecular weight excluding hydrogens is 170 g/mol. The summed E-state index contributed by atoms with van der Waals surface area (Å²) < 4.78 is 10.2. The van der Waals surface area contributed by atoms with E-state index in [4.69, 9.17) is 15.2 Å². The fraction of sp³-hybridized carbons (Fsp3) is 0.889. The van der Waals surface area contributed by atoms with Crippen molar-refractivity contribution >= 4 is 6.29 Å². The van der Waals surface area contributed by atoms with E-state index in [1.54, 1.807) is 0 Å². The molecule has 13 heavy (non-hydrogen) atoms. The van der Waals surface area contributed by atoms with Crippen LogP contribution in [0.5, 0.6) is 0 Å². The van der Waals surface area contributed by atoms with Crippen LogP contribution in [-0.4, -0.2) is 39.3 Å². The molecule has 0 aromatic rings. The number of nitrogens with two attached hydrogens (primary N) is 1. The Morgan fingerprint density at radius 1 is 1.00 bits per heavy atom. The van der Waals surface area contributed by atoms with Gasteiger partial charge in [-0.2, -0.15) is 0 Å². The largest absolute Gasteiger partial charge is 0.381 e. The molecule has 0 fully saturated rings. The summed E-state index contributed by atoms with van der Waals surface area (Å²) in [5.41, 5.74) is 5.29. The molecule has 78 valence electrons. The lowest BCUT2D eigenvalue weighted by Crippen LogP contribution is -2.05. The summed E-state index contributed by atoms with van der Waals surface area (Å²) in [4.78, 5) is 9.85. The number of carbonyl (C=O) groups excluding carboxylic acids is 1. The van der Waals surface area contributed by atoms with Crippen molar-refractivity contribution in [2.75, 3.05) is 33.0 Å². The minimum Gasteiger partial charge on any atom is -0.381 e. The Hall–Kier alpha value is -0.450. The standard InChI is InChI=1S/C9H19NO3/c10-4-3-8-12-6-1-2-7-13-9-5-11/h5H,1-4,6-10H2. The monoisotopic (exact) mass is 189 g/mol. The number of carbonyl (C=O) groups is 1. The van der Waals surface area contributed by atoms with E-state index in [2.05, 4.69) is 0 Å². The molecular formula is C9H19NO3. The van der Waals surface area contributed by atoms with Crippen LogP contribution < -0.4 is 5.73 Å². The Kier molecular flexibility index (Phi) is 11.2. The smallest absolute Gasteiger partial charge is 0.145 e. The molecule has 0 unspecified atom stereocenters. The lowest BCUT2D eigenvalue weighted by atomic mass is 10.3. The second-order valence-electron chi connectivity index (χ2n) is 2.70. The summed E-state index contributed by atoms with van der Waals surface area (Å²) in [6.45, 7) is 3.02. The first-order chi connectivity index (χ1) is 6.41. The van der Waals surface area contributed by atoms with Gasteiger partial charge in [0.05, 0.1) is 0 Å². The molecule has 0 saturated heterocycles. The van der Waals surface area contributed by atoms with Crippen LogP contribution in [-0.2, 0) is 14.3 Å². The van der Waals surface area contributed by atoms with E-state index < -0.39 is 0 Å². The molecule has 0 saturated carbocycles. The van der Waals surface area contributed by atoms with Crippen molar-refractivity contribution in [2.45, 2.75) is 19.3 Å². The van der Waals surface area contributed by atoms with Crippen LogP contribution in [0.4, 0.5) is 0 Å². The van der Waals surface area contributed by atoms with E-state index in [0.29, 0.717) is 13.2 Å². The van der Waals surface area contributed by atoms with Gasteiger partial charge in [-0.15, -0.1) is 0 Å². The number of rotatable bonds is 10. The fourth-order valence-electron chi connectivity index (χ4n) is 0.827. The Balaban J connectivity index is 2.79. The van der Waals surface area contributed by atoms with Gasteiger partial charge >= 0.3 is 0 Å². The van der Waals surface area contributed by atoms with Crippen LogP contribution in [0.2, 0.25) is 0 Å². The third kappa shape index (κ3) is 11.5. The van der Waals surface area contributed by atoms with Crippen LogP contribution in [0.3, 0.4) is 0 Å². The summed E-state index contributed by atoms with van der Waals surface area (Å²) in [6.07, 6.45) is 3.60. The number of unbranched alkanes of at least 4 members (excludes halogenated alkanes) is 1. The van der Waals surface area contributed by atoms with E-state index in [1.807, 2.05) is 0 Å². The van der Waals surface area contributed by atoms with Crippen molar-refractivity contribution in [3.05, 3.63) is 0 Å². The second kappa shape index (κ2) is 11.6. The van der Waals surface area contributed by atoms with E-state index in [0.717, 1.165) is 38.8 Å². The van der Waals surface area contributed by atoms with Gasteiger partial charge in [0.2, 0.25) is 0 Å².